The van der Waals surface area contributed by atoms with E-state index in [0.717, 1.165) is 44.3 Å². The zero-order chi connectivity index (χ0) is 23.0. The lowest BCUT2D eigenvalue weighted by Crippen LogP contribution is -2.50. The van der Waals surface area contributed by atoms with Gasteiger partial charge in [-0.05, 0) is 94.4 Å². The van der Waals surface area contributed by atoms with E-state index >= 15 is 0 Å². The first kappa shape index (κ1) is 23.6. The van der Waals surface area contributed by atoms with Gasteiger partial charge in [0.1, 0.15) is 15.2 Å². The highest BCUT2D eigenvalue weighted by Gasteiger charge is 2.46. The number of ether oxygens (including phenoxy) is 1. The Morgan fingerprint density at radius 2 is 1.53 bits per heavy atom. The summed E-state index contributed by atoms with van der Waals surface area (Å²) in [5.74, 6) is 2.62. The molecule has 0 spiro atoms. The van der Waals surface area contributed by atoms with Crippen LogP contribution in [0.1, 0.15) is 54.4 Å². The normalized spacial score (nSPS) is 14.7. The van der Waals surface area contributed by atoms with Crippen molar-refractivity contribution in [1.82, 2.24) is 9.78 Å². The highest BCUT2D eigenvalue weighted by Crippen LogP contribution is 2.43. The molecule has 0 atom stereocenters. The molecule has 1 saturated carbocycles. The highest BCUT2D eigenvalue weighted by molar-refractivity contribution is 14.1. The third-order valence-electron chi connectivity index (χ3n) is 6.85. The topological polar surface area (TPSA) is 36.3 Å². The van der Waals surface area contributed by atoms with Crippen LogP contribution < -0.4 is 9.16 Å². The van der Waals surface area contributed by atoms with Crippen molar-refractivity contribution < 1.29 is 9.16 Å². The Hall–Kier alpha value is -1.54. The second kappa shape index (κ2) is 9.37. The lowest BCUT2D eigenvalue weighted by atomic mass is 10.2. The van der Waals surface area contributed by atoms with Crippen molar-refractivity contribution in [2.24, 2.45) is 5.92 Å². The van der Waals surface area contributed by atoms with E-state index in [-0.39, 0.29) is 0 Å². The molecule has 1 heterocycles. The van der Waals surface area contributed by atoms with Crippen LogP contribution in [-0.2, 0) is 0 Å². The van der Waals surface area contributed by atoms with Gasteiger partial charge in [-0.15, -0.1) is 0 Å². The Bertz CT molecular complexity index is 1050. The first-order chi connectivity index (χ1) is 15.2. The van der Waals surface area contributed by atoms with Crippen LogP contribution in [0.3, 0.4) is 0 Å². The standard InChI is InChI=1S/C26H35IN2O2Si/c1-17(2)32(18(3)4,19(5)6)31-22-11-9-21(10-12-22)29-26(27)24-14-13-23(15-25(24)28-29)30-16-20-7-8-20/h9-15,17-20H,7-8,16H2,1-6H3. The quantitative estimate of drug-likeness (QED) is 0.196. The molecule has 1 aliphatic rings. The number of nitrogens with zero attached hydrogens (tertiary/aromatic N) is 2. The minimum atomic E-state index is -1.96. The van der Waals surface area contributed by atoms with E-state index in [1.165, 1.54) is 12.8 Å². The van der Waals surface area contributed by atoms with Crippen molar-refractivity contribution in [2.75, 3.05) is 6.61 Å². The average Bonchev–Trinajstić information content (AvgIpc) is 3.53. The van der Waals surface area contributed by atoms with Crippen LogP contribution in [0.2, 0.25) is 16.6 Å². The van der Waals surface area contributed by atoms with Crippen LogP contribution in [0.4, 0.5) is 0 Å². The summed E-state index contributed by atoms with van der Waals surface area (Å²) in [7, 11) is -1.96. The minimum absolute atomic E-state index is 0.552. The fourth-order valence-corrected chi connectivity index (χ4v) is 11.1. The molecule has 3 aromatic rings. The van der Waals surface area contributed by atoms with Crippen LogP contribution in [-0.4, -0.2) is 24.7 Å². The molecule has 1 aliphatic carbocycles. The number of hydrogen-bond acceptors (Lipinski definition) is 3. The zero-order valence-electron chi connectivity index (χ0n) is 20.1. The Morgan fingerprint density at radius 1 is 0.938 bits per heavy atom. The Morgan fingerprint density at radius 3 is 2.09 bits per heavy atom. The van der Waals surface area contributed by atoms with Crippen molar-refractivity contribution in [3.63, 3.8) is 0 Å². The van der Waals surface area contributed by atoms with E-state index in [0.29, 0.717) is 16.6 Å². The first-order valence-corrected chi connectivity index (χ1v) is 15.0. The van der Waals surface area contributed by atoms with E-state index in [2.05, 4.69) is 107 Å². The number of hydrogen-bond donors (Lipinski definition) is 0. The van der Waals surface area contributed by atoms with E-state index in [4.69, 9.17) is 14.3 Å². The number of fused-ring (bicyclic) bond motifs is 1. The molecule has 0 amide bonds. The van der Waals surface area contributed by atoms with E-state index in [1.807, 2.05) is 4.68 Å². The summed E-state index contributed by atoms with van der Waals surface area (Å²) >= 11 is 2.38. The molecule has 32 heavy (non-hydrogen) atoms. The lowest BCUT2D eigenvalue weighted by molar-refractivity contribution is 0.300. The van der Waals surface area contributed by atoms with Gasteiger partial charge in [0.25, 0.3) is 8.32 Å². The van der Waals surface area contributed by atoms with Crippen molar-refractivity contribution in [3.05, 3.63) is 46.2 Å². The van der Waals surface area contributed by atoms with Crippen molar-refractivity contribution >= 4 is 41.8 Å². The van der Waals surface area contributed by atoms with Gasteiger partial charge in [-0.2, -0.15) is 5.10 Å². The van der Waals surface area contributed by atoms with Crippen molar-refractivity contribution in [3.8, 4) is 17.2 Å². The Labute approximate surface area is 207 Å². The maximum Gasteiger partial charge on any atom is 0.258 e. The van der Waals surface area contributed by atoms with Crippen LogP contribution in [0, 0.1) is 9.62 Å². The van der Waals surface area contributed by atoms with Crippen LogP contribution in [0.25, 0.3) is 16.6 Å². The lowest BCUT2D eigenvalue weighted by Gasteiger charge is -2.42. The molecule has 0 unspecified atom stereocenters. The molecule has 1 aromatic heterocycles. The van der Waals surface area contributed by atoms with Gasteiger partial charge in [-0.3, -0.25) is 0 Å². The van der Waals surface area contributed by atoms with E-state index in [9.17, 15) is 0 Å². The number of benzene rings is 2. The average molecular weight is 563 g/mol. The predicted octanol–water partition coefficient (Wildman–Crippen LogP) is 7.97. The molecular weight excluding hydrogens is 527 g/mol. The summed E-state index contributed by atoms with van der Waals surface area (Å²) < 4.78 is 15.9. The minimum Gasteiger partial charge on any atom is -0.543 e. The predicted molar refractivity (Wildman–Crippen MR) is 144 cm³/mol. The fourth-order valence-electron chi connectivity index (χ4n) is 5.01. The third kappa shape index (κ3) is 4.58. The van der Waals surface area contributed by atoms with Gasteiger partial charge in [0.05, 0.1) is 17.8 Å². The molecular formula is C26H35IN2O2Si. The summed E-state index contributed by atoms with van der Waals surface area (Å²) in [5.41, 5.74) is 3.67. The second-order valence-electron chi connectivity index (χ2n) is 10.0. The maximum atomic E-state index is 6.82. The Balaban J connectivity index is 1.58. The van der Waals surface area contributed by atoms with Gasteiger partial charge < -0.3 is 9.16 Å². The van der Waals surface area contributed by atoms with Gasteiger partial charge in [0, 0.05) is 11.5 Å². The van der Waals surface area contributed by atoms with Gasteiger partial charge in [-0.1, -0.05) is 41.5 Å². The SMILES string of the molecule is CC(C)[Si](Oc1ccc(-n2nc3cc(OCC4CC4)ccc3c2I)cc1)(C(C)C)C(C)C. The summed E-state index contributed by atoms with van der Waals surface area (Å²) in [4.78, 5) is 0. The zero-order valence-corrected chi connectivity index (χ0v) is 23.2. The summed E-state index contributed by atoms with van der Waals surface area (Å²) in [6.07, 6.45) is 2.59. The monoisotopic (exact) mass is 562 g/mol. The van der Waals surface area contributed by atoms with Gasteiger partial charge in [0.2, 0.25) is 0 Å². The largest absolute Gasteiger partial charge is 0.543 e. The maximum absolute atomic E-state index is 6.82. The van der Waals surface area contributed by atoms with Crippen LogP contribution in [0.5, 0.6) is 11.5 Å². The molecule has 0 radical (unpaired) electrons. The van der Waals surface area contributed by atoms with Gasteiger partial charge in [0.15, 0.2) is 0 Å². The summed E-state index contributed by atoms with van der Waals surface area (Å²) in [6, 6.07) is 14.7. The molecule has 2 aromatic carbocycles. The van der Waals surface area contributed by atoms with E-state index in [1.54, 1.807) is 0 Å². The van der Waals surface area contributed by atoms with Crippen LogP contribution in [0.15, 0.2) is 42.5 Å². The molecule has 172 valence electrons. The molecule has 0 saturated heterocycles. The molecule has 6 heteroatoms. The van der Waals surface area contributed by atoms with E-state index < -0.39 is 8.32 Å². The molecule has 4 nitrogen and oxygen atoms in total. The molecule has 0 aliphatic heterocycles. The summed E-state index contributed by atoms with van der Waals surface area (Å²) in [6.45, 7) is 14.7. The van der Waals surface area contributed by atoms with Crippen LogP contribution >= 0.6 is 22.6 Å². The molecule has 1 fully saturated rings. The first-order valence-electron chi connectivity index (χ1n) is 11.8. The molecule has 4 rings (SSSR count). The van der Waals surface area contributed by atoms with Crippen molar-refractivity contribution in [1.29, 1.82) is 0 Å². The number of halogens is 1. The smallest absolute Gasteiger partial charge is 0.258 e. The third-order valence-corrected chi connectivity index (χ3v) is 13.9. The number of rotatable bonds is 9. The molecule has 0 bridgehead atoms. The van der Waals surface area contributed by atoms with Crippen molar-refractivity contribution in [2.45, 2.75) is 71.0 Å². The number of aromatic nitrogens is 2. The fraction of sp³-hybridized carbons (Fsp3) is 0.500. The second-order valence-corrected chi connectivity index (χ2v) is 16.4. The molecule has 0 N–H and O–H groups in total. The van der Waals surface area contributed by atoms with Gasteiger partial charge in [-0.25, -0.2) is 4.68 Å². The Kier molecular flexibility index (Phi) is 6.91. The summed E-state index contributed by atoms with van der Waals surface area (Å²) in [5, 5.41) is 6.02. The van der Waals surface area contributed by atoms with Gasteiger partial charge >= 0.3 is 0 Å². The highest BCUT2D eigenvalue weighted by atomic mass is 127.